The van der Waals surface area contributed by atoms with E-state index in [2.05, 4.69) is 5.32 Å². The quantitative estimate of drug-likeness (QED) is 0.215. The molecule has 34 heavy (non-hydrogen) atoms. The van der Waals surface area contributed by atoms with Crippen molar-refractivity contribution in [3.05, 3.63) is 70.2 Å². The monoisotopic (exact) mass is 469 g/mol. The second-order valence-corrected chi connectivity index (χ2v) is 8.30. The molecule has 1 aromatic carbocycles. The fourth-order valence-electron chi connectivity index (χ4n) is 3.70. The van der Waals surface area contributed by atoms with Crippen molar-refractivity contribution in [3.8, 4) is 0 Å². The first-order chi connectivity index (χ1) is 16.2. The first kappa shape index (κ1) is 26.7. The Hall–Kier alpha value is -3.59. The smallest absolute Gasteiger partial charge is 0.310 e. The number of ketones is 2. The molecule has 0 aliphatic carbocycles. The second-order valence-electron chi connectivity index (χ2n) is 8.30. The number of nitrogens with two attached hydrogens (primary N) is 1. The van der Waals surface area contributed by atoms with Gasteiger partial charge < -0.3 is 21.4 Å². The number of Topliss-reactive ketones (excluding diaryl/α,β-unsaturated/α-hetero) is 2. The van der Waals surface area contributed by atoms with Crippen LogP contribution in [0.2, 0.25) is 0 Å². The fourth-order valence-corrected chi connectivity index (χ4v) is 3.70. The molecule has 2 aromatic rings. The van der Waals surface area contributed by atoms with E-state index >= 15 is 0 Å². The van der Waals surface area contributed by atoms with Gasteiger partial charge in [0.15, 0.2) is 17.7 Å². The number of carbonyl (C=O) groups is 4. The molecule has 0 radical (unpaired) electrons. The molecule has 2 rings (SSSR count). The summed E-state index contributed by atoms with van der Waals surface area (Å²) in [6.07, 6.45) is 1.49. The van der Waals surface area contributed by atoms with Crippen LogP contribution in [0.5, 0.6) is 0 Å². The standard InChI is InChI=1S/C25H31N3O6/c1-17-5-6-20(15-26)18(12-17)8-10-22(29)16-27-25(33)19(13-23(30)14-24(31)32)7-9-21-4-2-3-11-28(21)34/h2-6,11-12,19H,7-10,13-16,26H2,1H3,(H,27,33)(H,31,32). The van der Waals surface area contributed by atoms with Crippen molar-refractivity contribution in [3.63, 3.8) is 0 Å². The summed E-state index contributed by atoms with van der Waals surface area (Å²) in [5, 5.41) is 23.3. The molecule has 1 unspecified atom stereocenters. The number of nitrogens with one attached hydrogen (secondary N) is 1. The van der Waals surface area contributed by atoms with E-state index in [1.807, 2.05) is 25.1 Å². The highest BCUT2D eigenvalue weighted by Gasteiger charge is 2.24. The number of rotatable bonds is 14. The highest BCUT2D eigenvalue weighted by Crippen LogP contribution is 2.15. The van der Waals surface area contributed by atoms with Gasteiger partial charge in [0.25, 0.3) is 0 Å². The predicted octanol–water partition coefficient (Wildman–Crippen LogP) is 1.39. The zero-order chi connectivity index (χ0) is 25.1. The van der Waals surface area contributed by atoms with Crippen LogP contribution < -0.4 is 15.8 Å². The summed E-state index contributed by atoms with van der Waals surface area (Å²) >= 11 is 0. The number of aliphatic carboxylic acids is 1. The zero-order valence-corrected chi connectivity index (χ0v) is 19.3. The van der Waals surface area contributed by atoms with Gasteiger partial charge in [-0.25, -0.2) is 0 Å². The van der Waals surface area contributed by atoms with Gasteiger partial charge in [0.1, 0.15) is 12.2 Å². The predicted molar refractivity (Wildman–Crippen MR) is 124 cm³/mol. The normalized spacial score (nSPS) is 11.6. The fraction of sp³-hybridized carbons (Fsp3) is 0.400. The summed E-state index contributed by atoms with van der Waals surface area (Å²) in [5.74, 6) is -3.39. The van der Waals surface area contributed by atoms with Crippen molar-refractivity contribution in [1.82, 2.24) is 5.32 Å². The van der Waals surface area contributed by atoms with Crippen LogP contribution in [0.4, 0.5) is 0 Å². The third-order valence-corrected chi connectivity index (χ3v) is 5.56. The summed E-state index contributed by atoms with van der Waals surface area (Å²) in [5.41, 5.74) is 9.22. The van der Waals surface area contributed by atoms with E-state index in [0.717, 1.165) is 16.7 Å². The van der Waals surface area contributed by atoms with Gasteiger partial charge in [-0.3, -0.25) is 19.2 Å². The lowest BCUT2D eigenvalue weighted by Gasteiger charge is -2.16. The molecule has 9 heteroatoms. The minimum absolute atomic E-state index is 0.167. The van der Waals surface area contributed by atoms with Crippen molar-refractivity contribution in [2.75, 3.05) is 6.54 Å². The maximum Gasteiger partial charge on any atom is 0.310 e. The molecule has 1 aromatic heterocycles. The molecule has 0 saturated heterocycles. The molecule has 182 valence electrons. The molecule has 1 heterocycles. The molecular formula is C25H31N3O6. The number of carboxylic acids is 1. The molecule has 0 saturated carbocycles. The lowest BCUT2D eigenvalue weighted by molar-refractivity contribution is -0.614. The molecule has 0 spiro atoms. The molecule has 0 aliphatic heterocycles. The number of aromatic nitrogens is 1. The number of pyridine rings is 1. The van der Waals surface area contributed by atoms with Gasteiger partial charge in [0.05, 0.1) is 6.54 Å². The highest BCUT2D eigenvalue weighted by atomic mass is 16.5. The van der Waals surface area contributed by atoms with E-state index < -0.39 is 30.0 Å². The van der Waals surface area contributed by atoms with Crippen LogP contribution in [-0.4, -0.2) is 35.1 Å². The summed E-state index contributed by atoms with van der Waals surface area (Å²) in [6, 6.07) is 10.8. The third kappa shape index (κ3) is 8.74. The minimum Gasteiger partial charge on any atom is -0.619 e. The average Bonchev–Trinajstić information content (AvgIpc) is 2.79. The summed E-state index contributed by atoms with van der Waals surface area (Å²) in [4.78, 5) is 48.0. The molecule has 0 bridgehead atoms. The van der Waals surface area contributed by atoms with Crippen LogP contribution in [0.25, 0.3) is 0 Å². The first-order valence-corrected chi connectivity index (χ1v) is 11.2. The number of amides is 1. The van der Waals surface area contributed by atoms with Crippen molar-refractivity contribution >= 4 is 23.4 Å². The highest BCUT2D eigenvalue weighted by molar-refractivity contribution is 5.97. The number of nitrogens with zero attached hydrogens (tertiary/aromatic N) is 1. The molecule has 9 nitrogen and oxygen atoms in total. The Labute approximate surface area is 198 Å². The van der Waals surface area contributed by atoms with Crippen molar-refractivity contribution < 1.29 is 29.0 Å². The Morgan fingerprint density at radius 2 is 1.85 bits per heavy atom. The Bertz CT molecular complexity index is 1040. The van der Waals surface area contributed by atoms with Gasteiger partial charge in [0, 0.05) is 43.9 Å². The molecule has 1 amide bonds. The number of carboxylic acid groups (broad SMARTS) is 1. The topological polar surface area (TPSA) is 153 Å². The summed E-state index contributed by atoms with van der Waals surface area (Å²) < 4.78 is 0.679. The lowest BCUT2D eigenvalue weighted by atomic mass is 9.93. The van der Waals surface area contributed by atoms with E-state index in [0.29, 0.717) is 23.4 Å². The van der Waals surface area contributed by atoms with Crippen LogP contribution in [0.3, 0.4) is 0 Å². The Balaban J connectivity index is 1.95. The minimum atomic E-state index is -1.27. The van der Waals surface area contributed by atoms with Gasteiger partial charge in [-0.05, 0) is 30.9 Å². The number of hydrogen-bond acceptors (Lipinski definition) is 6. The third-order valence-electron chi connectivity index (χ3n) is 5.56. The van der Waals surface area contributed by atoms with Gasteiger partial charge in [-0.1, -0.05) is 29.8 Å². The summed E-state index contributed by atoms with van der Waals surface area (Å²) in [7, 11) is 0. The van der Waals surface area contributed by atoms with Crippen molar-refractivity contribution in [1.29, 1.82) is 0 Å². The SMILES string of the molecule is Cc1ccc(CN)c(CCC(=O)CNC(=O)C(CCc2cccc[n+]2[O-])CC(=O)CC(=O)O)c1. The van der Waals surface area contributed by atoms with Crippen LogP contribution in [0.15, 0.2) is 42.6 Å². The van der Waals surface area contributed by atoms with Crippen LogP contribution in [0, 0.1) is 18.0 Å². The van der Waals surface area contributed by atoms with Gasteiger partial charge in [0.2, 0.25) is 5.91 Å². The average molecular weight is 470 g/mol. The van der Waals surface area contributed by atoms with Crippen molar-refractivity contribution in [2.45, 2.75) is 52.0 Å². The van der Waals surface area contributed by atoms with E-state index in [1.165, 1.54) is 6.20 Å². The van der Waals surface area contributed by atoms with Gasteiger partial charge in [-0.15, -0.1) is 0 Å². The first-order valence-electron chi connectivity index (χ1n) is 11.2. The molecule has 1 atom stereocenters. The zero-order valence-electron chi connectivity index (χ0n) is 19.3. The number of aryl methyl sites for hydroxylation is 3. The maximum atomic E-state index is 12.7. The molecule has 0 fully saturated rings. The van der Waals surface area contributed by atoms with Crippen LogP contribution >= 0.6 is 0 Å². The maximum absolute atomic E-state index is 12.7. The molecule has 0 aliphatic rings. The van der Waals surface area contributed by atoms with Crippen molar-refractivity contribution in [2.24, 2.45) is 11.7 Å². The molecular weight excluding hydrogens is 438 g/mol. The van der Waals surface area contributed by atoms with Gasteiger partial charge >= 0.3 is 5.97 Å². The number of hydrogen-bond donors (Lipinski definition) is 3. The second kappa shape index (κ2) is 13.2. The van der Waals surface area contributed by atoms with Gasteiger partial charge in [-0.2, -0.15) is 4.73 Å². The lowest BCUT2D eigenvalue weighted by Crippen LogP contribution is -2.37. The van der Waals surface area contributed by atoms with E-state index in [9.17, 15) is 24.4 Å². The largest absolute Gasteiger partial charge is 0.619 e. The van der Waals surface area contributed by atoms with E-state index in [-0.39, 0.29) is 38.0 Å². The summed E-state index contributed by atoms with van der Waals surface area (Å²) in [6.45, 7) is 2.14. The van der Waals surface area contributed by atoms with Crippen LogP contribution in [0.1, 0.15) is 48.1 Å². The Morgan fingerprint density at radius 1 is 1.09 bits per heavy atom. The van der Waals surface area contributed by atoms with E-state index in [4.69, 9.17) is 10.8 Å². The number of carbonyl (C=O) groups excluding carboxylic acids is 3. The van der Waals surface area contributed by atoms with E-state index in [1.54, 1.807) is 18.2 Å². The Morgan fingerprint density at radius 3 is 2.53 bits per heavy atom. The number of benzene rings is 1. The Kier molecular flexibility index (Phi) is 10.3. The molecule has 4 N–H and O–H groups in total. The van der Waals surface area contributed by atoms with Crippen LogP contribution in [-0.2, 0) is 38.6 Å².